The fourth-order valence-corrected chi connectivity index (χ4v) is 2.82. The van der Waals surface area contributed by atoms with Crippen LogP contribution in [0.5, 0.6) is 0 Å². The van der Waals surface area contributed by atoms with E-state index in [0.717, 1.165) is 12.8 Å². The molecule has 0 saturated heterocycles. The average Bonchev–Trinajstić information content (AvgIpc) is 2.33. The zero-order valence-electron chi connectivity index (χ0n) is 7.51. The molecule has 1 amide bonds. The molecule has 68 valence electrons. The van der Waals surface area contributed by atoms with E-state index in [1.165, 1.54) is 32.1 Å². The van der Waals surface area contributed by atoms with E-state index in [1.807, 2.05) is 0 Å². The van der Waals surface area contributed by atoms with Gasteiger partial charge in [0.1, 0.15) is 0 Å². The molecular formula is C10H17NO. The Bertz CT molecular complexity index is 190. The minimum absolute atomic E-state index is 0.0234. The van der Waals surface area contributed by atoms with Crippen LogP contribution in [-0.4, -0.2) is 5.91 Å². The van der Waals surface area contributed by atoms with Crippen molar-refractivity contribution in [1.29, 1.82) is 0 Å². The average molecular weight is 167 g/mol. The van der Waals surface area contributed by atoms with Gasteiger partial charge in [-0.15, -0.1) is 0 Å². The van der Waals surface area contributed by atoms with Gasteiger partial charge < -0.3 is 5.73 Å². The van der Waals surface area contributed by atoms with E-state index in [4.69, 9.17) is 5.73 Å². The fraction of sp³-hybridized carbons (Fsp3) is 0.900. The molecule has 0 unspecified atom stereocenters. The van der Waals surface area contributed by atoms with Gasteiger partial charge in [-0.2, -0.15) is 0 Å². The quantitative estimate of drug-likeness (QED) is 0.670. The van der Waals surface area contributed by atoms with Gasteiger partial charge in [-0.1, -0.05) is 19.3 Å². The highest BCUT2D eigenvalue weighted by Crippen LogP contribution is 2.51. The minimum atomic E-state index is -0.0712. The van der Waals surface area contributed by atoms with Gasteiger partial charge in [-0.3, -0.25) is 4.79 Å². The monoisotopic (exact) mass is 167 g/mol. The molecule has 2 heteroatoms. The molecule has 2 N–H and O–H groups in total. The van der Waals surface area contributed by atoms with Crippen LogP contribution < -0.4 is 5.73 Å². The highest BCUT2D eigenvalue weighted by Gasteiger charge is 2.47. The summed E-state index contributed by atoms with van der Waals surface area (Å²) in [7, 11) is 0. The van der Waals surface area contributed by atoms with E-state index in [-0.39, 0.29) is 11.3 Å². The number of primary amides is 1. The van der Waals surface area contributed by atoms with Crippen molar-refractivity contribution >= 4 is 5.91 Å². The van der Waals surface area contributed by atoms with Gasteiger partial charge in [-0.05, 0) is 31.6 Å². The number of carbonyl (C=O) groups is 1. The Balaban J connectivity index is 2.14. The van der Waals surface area contributed by atoms with Crippen LogP contribution in [0.2, 0.25) is 0 Å². The second-order valence-corrected chi connectivity index (χ2v) is 4.36. The molecular weight excluding hydrogens is 150 g/mol. The molecule has 0 aromatic carbocycles. The first kappa shape index (κ1) is 8.09. The SMILES string of the molecule is NC(=O)C1(C2CCC2)CCCC1. The van der Waals surface area contributed by atoms with Crippen molar-refractivity contribution < 1.29 is 4.79 Å². The molecule has 2 fully saturated rings. The van der Waals surface area contributed by atoms with Crippen molar-refractivity contribution in [2.75, 3.05) is 0 Å². The lowest BCUT2D eigenvalue weighted by Gasteiger charge is -2.40. The number of carbonyl (C=O) groups excluding carboxylic acids is 1. The third-order valence-electron chi connectivity index (χ3n) is 3.87. The summed E-state index contributed by atoms with van der Waals surface area (Å²) in [5.41, 5.74) is 5.43. The van der Waals surface area contributed by atoms with E-state index in [2.05, 4.69) is 0 Å². The molecule has 2 saturated carbocycles. The Kier molecular flexibility index (Phi) is 1.85. The van der Waals surface area contributed by atoms with Crippen molar-refractivity contribution in [3.63, 3.8) is 0 Å². The zero-order chi connectivity index (χ0) is 8.60. The zero-order valence-corrected chi connectivity index (χ0v) is 7.51. The van der Waals surface area contributed by atoms with E-state index in [0.29, 0.717) is 5.92 Å². The van der Waals surface area contributed by atoms with Crippen molar-refractivity contribution in [2.24, 2.45) is 17.1 Å². The molecule has 0 spiro atoms. The Morgan fingerprint density at radius 2 is 1.75 bits per heavy atom. The van der Waals surface area contributed by atoms with Crippen LogP contribution in [0.3, 0.4) is 0 Å². The first-order chi connectivity index (χ1) is 5.76. The van der Waals surface area contributed by atoms with Gasteiger partial charge in [0.2, 0.25) is 5.91 Å². The van der Waals surface area contributed by atoms with Crippen LogP contribution in [0.25, 0.3) is 0 Å². The Labute approximate surface area is 73.5 Å². The first-order valence-corrected chi connectivity index (χ1v) is 5.06. The molecule has 0 aromatic rings. The predicted octanol–water partition coefficient (Wildman–Crippen LogP) is 1.83. The summed E-state index contributed by atoms with van der Waals surface area (Å²) >= 11 is 0. The number of hydrogen-bond donors (Lipinski definition) is 1. The molecule has 0 radical (unpaired) electrons. The first-order valence-electron chi connectivity index (χ1n) is 5.06. The summed E-state index contributed by atoms with van der Waals surface area (Å²) in [6.07, 6.45) is 8.32. The molecule has 0 aliphatic heterocycles. The highest BCUT2D eigenvalue weighted by atomic mass is 16.1. The summed E-state index contributed by atoms with van der Waals surface area (Å²) in [6.45, 7) is 0. The number of amides is 1. The second-order valence-electron chi connectivity index (χ2n) is 4.36. The van der Waals surface area contributed by atoms with Crippen LogP contribution >= 0.6 is 0 Å². The topological polar surface area (TPSA) is 43.1 Å². The largest absolute Gasteiger partial charge is 0.369 e. The molecule has 0 bridgehead atoms. The van der Waals surface area contributed by atoms with Crippen LogP contribution in [0.4, 0.5) is 0 Å². The van der Waals surface area contributed by atoms with Crippen molar-refractivity contribution in [2.45, 2.75) is 44.9 Å². The smallest absolute Gasteiger partial charge is 0.223 e. The standard InChI is InChI=1S/C10H17NO/c11-9(12)10(6-1-2-7-10)8-4-3-5-8/h8H,1-7H2,(H2,11,12). The van der Waals surface area contributed by atoms with E-state index < -0.39 is 0 Å². The van der Waals surface area contributed by atoms with Crippen molar-refractivity contribution in [3.8, 4) is 0 Å². The maximum absolute atomic E-state index is 11.4. The predicted molar refractivity (Wildman–Crippen MR) is 47.4 cm³/mol. The minimum Gasteiger partial charge on any atom is -0.369 e. The Morgan fingerprint density at radius 3 is 2.08 bits per heavy atom. The van der Waals surface area contributed by atoms with Gasteiger partial charge >= 0.3 is 0 Å². The number of hydrogen-bond acceptors (Lipinski definition) is 1. The van der Waals surface area contributed by atoms with Crippen LogP contribution in [0, 0.1) is 11.3 Å². The van der Waals surface area contributed by atoms with Crippen molar-refractivity contribution in [1.82, 2.24) is 0 Å². The number of rotatable bonds is 2. The summed E-state index contributed by atoms with van der Waals surface area (Å²) in [4.78, 5) is 11.4. The molecule has 0 heterocycles. The van der Waals surface area contributed by atoms with Crippen LogP contribution in [0.1, 0.15) is 44.9 Å². The van der Waals surface area contributed by atoms with Gasteiger partial charge in [0.05, 0.1) is 5.41 Å². The second kappa shape index (κ2) is 2.75. The molecule has 0 aromatic heterocycles. The molecule has 0 atom stereocenters. The maximum atomic E-state index is 11.4. The maximum Gasteiger partial charge on any atom is 0.223 e. The van der Waals surface area contributed by atoms with Crippen LogP contribution in [0.15, 0.2) is 0 Å². The summed E-state index contributed by atoms with van der Waals surface area (Å²) in [5, 5.41) is 0. The van der Waals surface area contributed by atoms with E-state index in [9.17, 15) is 4.79 Å². The Hall–Kier alpha value is -0.530. The Morgan fingerprint density at radius 1 is 1.17 bits per heavy atom. The molecule has 2 aliphatic carbocycles. The molecule has 2 rings (SSSR count). The number of nitrogens with two attached hydrogens (primary N) is 1. The third-order valence-corrected chi connectivity index (χ3v) is 3.87. The van der Waals surface area contributed by atoms with E-state index in [1.54, 1.807) is 0 Å². The summed E-state index contributed by atoms with van der Waals surface area (Å²) in [6, 6.07) is 0. The molecule has 12 heavy (non-hydrogen) atoms. The fourth-order valence-electron chi connectivity index (χ4n) is 2.82. The highest BCUT2D eigenvalue weighted by molar-refractivity contribution is 5.81. The third kappa shape index (κ3) is 0.970. The van der Waals surface area contributed by atoms with Gasteiger partial charge in [-0.25, -0.2) is 0 Å². The van der Waals surface area contributed by atoms with Gasteiger partial charge in [0, 0.05) is 0 Å². The van der Waals surface area contributed by atoms with Gasteiger partial charge in [0.15, 0.2) is 0 Å². The van der Waals surface area contributed by atoms with Crippen LogP contribution in [-0.2, 0) is 4.79 Å². The lowest BCUT2D eigenvalue weighted by molar-refractivity contribution is -0.132. The normalized spacial score (nSPS) is 28.3. The van der Waals surface area contributed by atoms with Gasteiger partial charge in [0.25, 0.3) is 0 Å². The lowest BCUT2D eigenvalue weighted by atomic mass is 9.64. The summed E-state index contributed by atoms with van der Waals surface area (Å²) < 4.78 is 0. The lowest BCUT2D eigenvalue weighted by Crippen LogP contribution is -2.43. The molecule has 2 aliphatic rings. The molecule has 2 nitrogen and oxygen atoms in total. The summed E-state index contributed by atoms with van der Waals surface area (Å²) in [5.74, 6) is 0.613. The van der Waals surface area contributed by atoms with Crippen molar-refractivity contribution in [3.05, 3.63) is 0 Å². The van der Waals surface area contributed by atoms with E-state index >= 15 is 0 Å².